The van der Waals surface area contributed by atoms with Crippen LogP contribution in [-0.4, -0.2) is 11.7 Å². The van der Waals surface area contributed by atoms with Crippen LogP contribution in [0.3, 0.4) is 0 Å². The topological polar surface area (TPSA) is 46.2 Å². The fraction of sp³-hybridized carbons (Fsp3) is 0.250. The van der Waals surface area contributed by atoms with Gasteiger partial charge in [-0.2, -0.15) is 0 Å². The molecule has 0 amide bonds. The van der Waals surface area contributed by atoms with Crippen molar-refractivity contribution in [1.82, 2.24) is 0 Å². The molecule has 1 atom stereocenters. The monoisotopic (exact) mass is 233 g/mol. The zero-order chi connectivity index (χ0) is 9.14. The van der Waals surface area contributed by atoms with Gasteiger partial charge in [-0.05, 0) is 17.7 Å². The van der Waals surface area contributed by atoms with Crippen molar-refractivity contribution in [2.75, 3.05) is 6.54 Å². The normalized spacial score (nSPS) is 13.0. The van der Waals surface area contributed by atoms with E-state index in [4.69, 9.17) is 5.73 Å². The van der Waals surface area contributed by atoms with Gasteiger partial charge < -0.3 is 10.8 Å². The van der Waals surface area contributed by atoms with E-state index >= 15 is 0 Å². The predicted octanol–water partition coefficient (Wildman–Crippen LogP) is 1.58. The maximum atomic E-state index is 12.6. The van der Waals surface area contributed by atoms with E-state index in [1.54, 1.807) is 0 Å². The van der Waals surface area contributed by atoms with E-state index in [2.05, 4.69) is 15.9 Å². The number of hydrogen-bond acceptors (Lipinski definition) is 2. The molecule has 0 bridgehead atoms. The number of aliphatic hydroxyl groups is 1. The molecular weight excluding hydrogens is 225 g/mol. The molecule has 0 spiro atoms. The van der Waals surface area contributed by atoms with Crippen LogP contribution in [0.15, 0.2) is 22.7 Å². The molecule has 0 aliphatic heterocycles. The highest BCUT2D eigenvalue weighted by Gasteiger charge is 2.09. The molecular formula is C8H9BrFNO. The standard InChI is InChI=1S/C8H9BrFNO/c9-7-3-5(10)1-2-6(7)8(12)4-11/h1-3,8,12H,4,11H2. The highest BCUT2D eigenvalue weighted by Crippen LogP contribution is 2.23. The molecule has 0 aliphatic carbocycles. The van der Waals surface area contributed by atoms with Crippen LogP contribution >= 0.6 is 15.9 Å². The largest absolute Gasteiger partial charge is 0.387 e. The van der Waals surface area contributed by atoms with Gasteiger partial charge in [0.1, 0.15) is 5.82 Å². The minimum absolute atomic E-state index is 0.129. The van der Waals surface area contributed by atoms with Crippen LogP contribution in [0.5, 0.6) is 0 Å². The van der Waals surface area contributed by atoms with Crippen LogP contribution < -0.4 is 5.73 Å². The maximum absolute atomic E-state index is 12.6. The Labute approximate surface area is 78.3 Å². The molecule has 0 saturated carbocycles. The van der Waals surface area contributed by atoms with Gasteiger partial charge in [-0.1, -0.05) is 22.0 Å². The minimum atomic E-state index is -0.736. The first-order valence-corrected chi connectivity index (χ1v) is 4.27. The fourth-order valence-corrected chi connectivity index (χ4v) is 1.51. The van der Waals surface area contributed by atoms with Crippen molar-refractivity contribution < 1.29 is 9.50 Å². The number of hydrogen-bond donors (Lipinski definition) is 2. The molecule has 0 saturated heterocycles. The Hall–Kier alpha value is -0.450. The third kappa shape index (κ3) is 2.03. The average molecular weight is 234 g/mol. The molecule has 4 heteroatoms. The van der Waals surface area contributed by atoms with Crippen LogP contribution in [0.2, 0.25) is 0 Å². The van der Waals surface area contributed by atoms with E-state index in [0.717, 1.165) is 0 Å². The molecule has 0 aliphatic rings. The molecule has 1 aromatic rings. The molecule has 1 rings (SSSR count). The van der Waals surface area contributed by atoms with E-state index in [1.165, 1.54) is 18.2 Å². The van der Waals surface area contributed by atoms with Gasteiger partial charge in [0.15, 0.2) is 0 Å². The Bertz CT molecular complexity index is 280. The summed E-state index contributed by atoms with van der Waals surface area (Å²) in [7, 11) is 0. The lowest BCUT2D eigenvalue weighted by atomic mass is 10.1. The van der Waals surface area contributed by atoms with Gasteiger partial charge in [0.05, 0.1) is 6.10 Å². The predicted molar refractivity (Wildman–Crippen MR) is 48.1 cm³/mol. The molecule has 12 heavy (non-hydrogen) atoms. The Morgan fingerprint density at radius 3 is 2.75 bits per heavy atom. The van der Waals surface area contributed by atoms with Gasteiger partial charge in [0.2, 0.25) is 0 Å². The number of nitrogens with two attached hydrogens (primary N) is 1. The zero-order valence-corrected chi connectivity index (χ0v) is 7.88. The van der Waals surface area contributed by atoms with E-state index in [0.29, 0.717) is 10.0 Å². The number of halogens is 2. The molecule has 1 unspecified atom stereocenters. The highest BCUT2D eigenvalue weighted by atomic mass is 79.9. The lowest BCUT2D eigenvalue weighted by Gasteiger charge is -2.09. The average Bonchev–Trinajstić information content (AvgIpc) is 2.03. The third-order valence-corrected chi connectivity index (χ3v) is 2.23. The van der Waals surface area contributed by atoms with Crippen molar-refractivity contribution in [2.24, 2.45) is 5.73 Å². The van der Waals surface area contributed by atoms with Gasteiger partial charge >= 0.3 is 0 Å². The van der Waals surface area contributed by atoms with Gasteiger partial charge in [-0.15, -0.1) is 0 Å². The first-order valence-electron chi connectivity index (χ1n) is 3.48. The number of benzene rings is 1. The Kier molecular flexibility index (Phi) is 3.20. The molecule has 3 N–H and O–H groups in total. The Morgan fingerprint density at radius 2 is 2.25 bits per heavy atom. The van der Waals surface area contributed by atoms with E-state index in [1.807, 2.05) is 0 Å². The minimum Gasteiger partial charge on any atom is -0.387 e. The number of rotatable bonds is 2. The Balaban J connectivity index is 3.01. The molecule has 66 valence electrons. The first-order chi connectivity index (χ1) is 5.65. The molecule has 0 radical (unpaired) electrons. The summed E-state index contributed by atoms with van der Waals surface area (Å²) in [6, 6.07) is 4.10. The van der Waals surface area contributed by atoms with Crippen LogP contribution in [0.25, 0.3) is 0 Å². The maximum Gasteiger partial charge on any atom is 0.124 e. The van der Waals surface area contributed by atoms with Gasteiger partial charge in [-0.3, -0.25) is 0 Å². The second-order valence-electron chi connectivity index (χ2n) is 2.42. The van der Waals surface area contributed by atoms with Crippen LogP contribution in [-0.2, 0) is 0 Å². The van der Waals surface area contributed by atoms with Crippen LogP contribution in [0.1, 0.15) is 11.7 Å². The van der Waals surface area contributed by atoms with E-state index in [-0.39, 0.29) is 12.4 Å². The Morgan fingerprint density at radius 1 is 1.58 bits per heavy atom. The fourth-order valence-electron chi connectivity index (χ4n) is 0.899. The van der Waals surface area contributed by atoms with Crippen molar-refractivity contribution >= 4 is 15.9 Å². The van der Waals surface area contributed by atoms with Crippen molar-refractivity contribution in [1.29, 1.82) is 0 Å². The molecule has 0 fully saturated rings. The SMILES string of the molecule is NCC(O)c1ccc(F)cc1Br. The van der Waals surface area contributed by atoms with Crippen molar-refractivity contribution in [3.63, 3.8) is 0 Å². The number of aliphatic hydroxyl groups excluding tert-OH is 1. The summed E-state index contributed by atoms with van der Waals surface area (Å²) >= 11 is 3.13. The summed E-state index contributed by atoms with van der Waals surface area (Å²) in [5.41, 5.74) is 5.86. The lowest BCUT2D eigenvalue weighted by Crippen LogP contribution is -2.11. The summed E-state index contributed by atoms with van der Waals surface area (Å²) < 4.78 is 13.1. The highest BCUT2D eigenvalue weighted by molar-refractivity contribution is 9.10. The third-order valence-electron chi connectivity index (χ3n) is 1.54. The van der Waals surface area contributed by atoms with E-state index < -0.39 is 6.10 Å². The first kappa shape index (κ1) is 9.64. The molecule has 0 aromatic heterocycles. The van der Waals surface area contributed by atoms with Gasteiger partial charge in [0.25, 0.3) is 0 Å². The second-order valence-corrected chi connectivity index (χ2v) is 3.27. The lowest BCUT2D eigenvalue weighted by molar-refractivity contribution is 0.186. The van der Waals surface area contributed by atoms with Crippen LogP contribution in [0.4, 0.5) is 4.39 Å². The summed E-state index contributed by atoms with van der Waals surface area (Å²) in [5.74, 6) is -0.338. The summed E-state index contributed by atoms with van der Waals surface area (Å²) in [5, 5.41) is 9.32. The summed E-state index contributed by atoms with van der Waals surface area (Å²) in [4.78, 5) is 0. The quantitative estimate of drug-likeness (QED) is 0.815. The molecule has 1 aromatic carbocycles. The smallest absolute Gasteiger partial charge is 0.124 e. The van der Waals surface area contributed by atoms with E-state index in [9.17, 15) is 9.50 Å². The van der Waals surface area contributed by atoms with Crippen molar-refractivity contribution in [3.05, 3.63) is 34.1 Å². The molecule has 0 heterocycles. The zero-order valence-electron chi connectivity index (χ0n) is 6.30. The van der Waals surface area contributed by atoms with Crippen molar-refractivity contribution in [3.8, 4) is 0 Å². The molecule has 2 nitrogen and oxygen atoms in total. The summed E-state index contributed by atoms with van der Waals surface area (Å²) in [6.07, 6.45) is -0.736. The van der Waals surface area contributed by atoms with Gasteiger partial charge in [0, 0.05) is 11.0 Å². The van der Waals surface area contributed by atoms with Crippen LogP contribution in [0, 0.1) is 5.82 Å². The second kappa shape index (κ2) is 3.98. The summed E-state index contributed by atoms with van der Waals surface area (Å²) in [6.45, 7) is 0.129. The van der Waals surface area contributed by atoms with Gasteiger partial charge in [-0.25, -0.2) is 4.39 Å². The van der Waals surface area contributed by atoms with Crippen molar-refractivity contribution in [2.45, 2.75) is 6.10 Å².